The summed E-state index contributed by atoms with van der Waals surface area (Å²) in [6.07, 6.45) is 1.41. The molecule has 0 saturated carbocycles. The largest absolute Gasteiger partial charge is 0.444 e. The van der Waals surface area contributed by atoms with Gasteiger partial charge >= 0.3 is 12.1 Å². The monoisotopic (exact) mass is 626 g/mol. The van der Waals surface area contributed by atoms with Crippen molar-refractivity contribution in [2.75, 3.05) is 28.6 Å². The number of piperazine rings is 1. The van der Waals surface area contributed by atoms with Crippen molar-refractivity contribution < 1.29 is 14.3 Å². The lowest BCUT2D eigenvalue weighted by Crippen LogP contribution is -2.59. The molecular weight excluding hydrogens is 588 g/mol. The van der Waals surface area contributed by atoms with Crippen LogP contribution >= 0.6 is 15.9 Å². The van der Waals surface area contributed by atoms with Crippen molar-refractivity contribution in [3.05, 3.63) is 41.0 Å². The molecule has 220 valence electrons. The average molecular weight is 628 g/mol. The van der Waals surface area contributed by atoms with E-state index < -0.39 is 5.60 Å². The number of aromatic nitrogens is 3. The number of fused-ring (bicyclic) bond motifs is 1. The summed E-state index contributed by atoms with van der Waals surface area (Å²) in [5.41, 5.74) is 1.42. The van der Waals surface area contributed by atoms with Gasteiger partial charge in [0.2, 0.25) is 5.95 Å². The van der Waals surface area contributed by atoms with Crippen LogP contribution in [-0.2, 0) is 4.74 Å². The third-order valence-electron chi connectivity index (χ3n) is 6.25. The van der Waals surface area contributed by atoms with Crippen LogP contribution in [0.3, 0.4) is 0 Å². The number of nitrogens with zero attached hydrogens (tertiary/aromatic N) is 5. The van der Waals surface area contributed by atoms with E-state index in [9.17, 15) is 9.59 Å². The van der Waals surface area contributed by atoms with E-state index in [-0.39, 0.29) is 29.7 Å². The van der Waals surface area contributed by atoms with Gasteiger partial charge in [-0.15, -0.1) is 0 Å². The number of nitrogens with one attached hydrogen (secondary N) is 3. The predicted octanol–water partition coefficient (Wildman–Crippen LogP) is 6.29. The Hall–Kier alpha value is -3.67. The second-order valence-corrected chi connectivity index (χ2v) is 13.3. The van der Waals surface area contributed by atoms with Crippen LogP contribution in [0.5, 0.6) is 0 Å². The molecule has 4 rings (SSSR count). The molecule has 1 aliphatic heterocycles. The van der Waals surface area contributed by atoms with Gasteiger partial charge in [-0.25, -0.2) is 19.6 Å². The van der Waals surface area contributed by atoms with Gasteiger partial charge in [0.1, 0.15) is 5.60 Å². The number of carbonyl (C=O) groups is 2. The lowest BCUT2D eigenvalue weighted by Gasteiger charge is -2.45. The number of ether oxygens (including phenoxy) is 1. The molecule has 1 fully saturated rings. The summed E-state index contributed by atoms with van der Waals surface area (Å²) >= 11 is 3.46. The smallest absolute Gasteiger partial charge is 0.410 e. The van der Waals surface area contributed by atoms with Crippen LogP contribution < -0.4 is 20.9 Å². The first-order valence-corrected chi connectivity index (χ1v) is 14.4. The molecule has 1 aromatic carbocycles. The maximum Gasteiger partial charge on any atom is 0.410 e. The van der Waals surface area contributed by atoms with Crippen LogP contribution in [0.25, 0.3) is 11.0 Å². The molecule has 0 radical (unpaired) electrons. The molecule has 41 heavy (non-hydrogen) atoms. The fourth-order valence-electron chi connectivity index (χ4n) is 4.66. The van der Waals surface area contributed by atoms with Crippen molar-refractivity contribution in [1.82, 2.24) is 25.2 Å². The number of halogens is 1. The van der Waals surface area contributed by atoms with Crippen LogP contribution in [-0.4, -0.2) is 68.3 Å². The van der Waals surface area contributed by atoms with Gasteiger partial charge in [-0.1, -0.05) is 0 Å². The van der Waals surface area contributed by atoms with E-state index in [1.807, 2.05) is 90.6 Å². The normalized spacial score (nSPS) is 17.8. The Morgan fingerprint density at radius 2 is 1.63 bits per heavy atom. The van der Waals surface area contributed by atoms with E-state index in [2.05, 4.69) is 51.7 Å². The summed E-state index contributed by atoms with van der Waals surface area (Å²) in [5, 5.41) is 9.58. The summed E-state index contributed by atoms with van der Waals surface area (Å²) < 4.78 is 6.25. The molecule has 3 aromatic rings. The molecule has 11 nitrogen and oxygen atoms in total. The second kappa shape index (κ2) is 11.7. The van der Waals surface area contributed by atoms with Crippen LogP contribution in [0, 0.1) is 0 Å². The van der Waals surface area contributed by atoms with Crippen LogP contribution in [0.15, 0.2) is 41.0 Å². The molecule has 3 heterocycles. The van der Waals surface area contributed by atoms with Gasteiger partial charge in [-0.05, 0) is 102 Å². The van der Waals surface area contributed by atoms with Crippen molar-refractivity contribution in [1.29, 1.82) is 0 Å². The van der Waals surface area contributed by atoms with Gasteiger partial charge in [0.25, 0.3) is 0 Å². The van der Waals surface area contributed by atoms with Crippen molar-refractivity contribution >= 4 is 62.2 Å². The van der Waals surface area contributed by atoms with Crippen molar-refractivity contribution in [2.24, 2.45) is 0 Å². The van der Waals surface area contributed by atoms with Crippen molar-refractivity contribution in [2.45, 2.75) is 78.6 Å². The topological polar surface area (TPSA) is 125 Å². The third-order valence-corrected chi connectivity index (χ3v) is 6.86. The van der Waals surface area contributed by atoms with E-state index in [0.717, 1.165) is 16.8 Å². The molecule has 0 spiro atoms. The zero-order chi connectivity index (χ0) is 30.1. The van der Waals surface area contributed by atoms with Crippen LogP contribution in [0.2, 0.25) is 0 Å². The van der Waals surface area contributed by atoms with Crippen molar-refractivity contribution in [3.63, 3.8) is 0 Å². The Kier molecular flexibility index (Phi) is 8.62. The summed E-state index contributed by atoms with van der Waals surface area (Å²) in [6.45, 7) is 16.9. The van der Waals surface area contributed by atoms with Gasteiger partial charge in [-0.3, -0.25) is 10.2 Å². The first-order valence-electron chi connectivity index (χ1n) is 13.6. The van der Waals surface area contributed by atoms with Gasteiger partial charge in [0.15, 0.2) is 11.5 Å². The maximum atomic E-state index is 12.7. The minimum Gasteiger partial charge on any atom is -0.444 e. The number of rotatable bonds is 4. The summed E-state index contributed by atoms with van der Waals surface area (Å²) in [4.78, 5) is 42.7. The fraction of sp³-hybridized carbons (Fsp3) is 0.483. The van der Waals surface area contributed by atoms with E-state index in [1.165, 1.54) is 0 Å². The van der Waals surface area contributed by atoms with E-state index in [1.54, 1.807) is 6.20 Å². The molecule has 12 heteroatoms. The molecule has 2 aromatic heterocycles. The Balaban J connectivity index is 1.43. The highest BCUT2D eigenvalue weighted by molar-refractivity contribution is 9.10. The molecule has 3 N–H and O–H groups in total. The SMILES string of the molecule is CC1CN(c2ccc(Nc3ncc4cc(Br)c(NC(=O)NC(C)(C)C)nc4n3)cc2)CC(C)N1C(=O)OC(C)(C)C. The predicted molar refractivity (Wildman–Crippen MR) is 166 cm³/mol. The molecule has 0 bridgehead atoms. The van der Waals surface area contributed by atoms with Gasteiger partial charge in [-0.2, -0.15) is 4.98 Å². The summed E-state index contributed by atoms with van der Waals surface area (Å²) in [5.74, 6) is 0.752. The van der Waals surface area contributed by atoms with Gasteiger partial charge < -0.3 is 20.3 Å². The van der Waals surface area contributed by atoms with Crippen LogP contribution in [0.4, 0.5) is 32.7 Å². The van der Waals surface area contributed by atoms with E-state index in [4.69, 9.17) is 4.74 Å². The summed E-state index contributed by atoms with van der Waals surface area (Å²) in [7, 11) is 0. The maximum absolute atomic E-state index is 12.7. The zero-order valence-electron chi connectivity index (χ0n) is 24.9. The minimum absolute atomic E-state index is 0.00357. The number of hydrogen-bond acceptors (Lipinski definition) is 8. The fourth-order valence-corrected chi connectivity index (χ4v) is 5.09. The highest BCUT2D eigenvalue weighted by Crippen LogP contribution is 2.28. The molecule has 0 aliphatic carbocycles. The average Bonchev–Trinajstić information content (AvgIpc) is 2.82. The highest BCUT2D eigenvalue weighted by atomic mass is 79.9. The Bertz CT molecular complexity index is 1410. The summed E-state index contributed by atoms with van der Waals surface area (Å²) in [6, 6.07) is 9.49. The number of urea groups is 1. The number of amides is 3. The lowest BCUT2D eigenvalue weighted by molar-refractivity contribution is 0.00565. The molecule has 2 unspecified atom stereocenters. The van der Waals surface area contributed by atoms with Gasteiger partial charge in [0.05, 0.1) is 16.6 Å². The van der Waals surface area contributed by atoms with E-state index in [0.29, 0.717) is 35.0 Å². The number of carbonyl (C=O) groups excluding carboxylic acids is 2. The lowest BCUT2D eigenvalue weighted by atomic mass is 10.1. The van der Waals surface area contributed by atoms with E-state index >= 15 is 0 Å². The number of hydrogen-bond donors (Lipinski definition) is 3. The number of pyridine rings is 1. The number of anilines is 4. The first kappa shape index (κ1) is 30.3. The Morgan fingerprint density at radius 3 is 2.22 bits per heavy atom. The molecule has 1 saturated heterocycles. The minimum atomic E-state index is -0.528. The highest BCUT2D eigenvalue weighted by Gasteiger charge is 2.35. The quantitative estimate of drug-likeness (QED) is 0.309. The first-order chi connectivity index (χ1) is 19.1. The third kappa shape index (κ3) is 7.96. The molecule has 2 atom stereocenters. The number of benzene rings is 1. The molecule has 3 amide bonds. The molecule has 1 aliphatic rings. The standard InChI is InChI=1S/C29H39BrN8O3/c1-17-15-37(16-18(2)38(17)27(40)41-29(6,7)8)21-11-9-20(10-12-21)32-25-31-14-19-13-22(30)24(33-23(19)34-25)35-26(39)36-28(3,4)5/h9-14,17-18H,15-16H2,1-8H3,(H3,31,32,33,34,35,36,39). The van der Waals surface area contributed by atoms with Crippen LogP contribution in [0.1, 0.15) is 55.4 Å². The Labute approximate surface area is 249 Å². The molecular formula is C29H39BrN8O3. The zero-order valence-corrected chi connectivity index (χ0v) is 26.5. The van der Waals surface area contributed by atoms with Gasteiger partial charge in [0, 0.05) is 41.6 Å². The van der Waals surface area contributed by atoms with Crippen molar-refractivity contribution in [3.8, 4) is 0 Å². The second-order valence-electron chi connectivity index (χ2n) is 12.4. The Morgan fingerprint density at radius 1 is 1.00 bits per heavy atom.